The summed E-state index contributed by atoms with van der Waals surface area (Å²) in [5, 5.41) is 0. The molecular formula is C16H18FNO. The molecule has 3 heteroatoms. The van der Waals surface area contributed by atoms with Crippen LogP contribution in [0.2, 0.25) is 0 Å². The molecule has 0 spiro atoms. The first-order chi connectivity index (χ1) is 8.86. The third-order valence-electron chi connectivity index (χ3n) is 2.87. The number of hydrogen-bond donors (Lipinski definition) is 0. The van der Waals surface area contributed by atoms with Crippen molar-refractivity contribution in [2.45, 2.75) is 33.1 Å². The lowest BCUT2D eigenvalue weighted by Gasteiger charge is -2.23. The summed E-state index contributed by atoms with van der Waals surface area (Å²) in [6.07, 6.45) is 1.40. The number of halogens is 1. The van der Waals surface area contributed by atoms with Crippen molar-refractivity contribution in [1.82, 2.24) is 4.98 Å². The van der Waals surface area contributed by atoms with E-state index in [0.29, 0.717) is 5.75 Å². The average Bonchev–Trinajstić information content (AvgIpc) is 2.27. The fourth-order valence-corrected chi connectivity index (χ4v) is 1.91. The molecule has 2 nitrogen and oxygen atoms in total. The average molecular weight is 259 g/mol. The molecule has 0 unspecified atom stereocenters. The van der Waals surface area contributed by atoms with Gasteiger partial charge in [-0.1, -0.05) is 32.9 Å². The first kappa shape index (κ1) is 13.5. The summed E-state index contributed by atoms with van der Waals surface area (Å²) >= 11 is 0. The first-order valence-electron chi connectivity index (χ1n) is 6.27. The predicted octanol–water partition coefficient (Wildman–Crippen LogP) is 4.62. The summed E-state index contributed by atoms with van der Waals surface area (Å²) in [6, 6.07) is 9.02. The maximum Gasteiger partial charge on any atom is 0.216 e. The second-order valence-electron chi connectivity index (χ2n) is 5.67. The quantitative estimate of drug-likeness (QED) is 0.734. The minimum Gasteiger partial charge on any atom is -0.457 e. The van der Waals surface area contributed by atoms with Crippen molar-refractivity contribution in [3.8, 4) is 11.5 Å². The molecule has 1 heterocycles. The number of hydrogen-bond acceptors (Lipinski definition) is 2. The number of benzene rings is 1. The Balaban J connectivity index is 2.41. The second-order valence-corrected chi connectivity index (χ2v) is 5.67. The van der Waals surface area contributed by atoms with Crippen LogP contribution >= 0.6 is 0 Å². The van der Waals surface area contributed by atoms with E-state index in [-0.39, 0.29) is 5.41 Å². The molecule has 0 aliphatic heterocycles. The molecular weight excluding hydrogens is 241 g/mol. The molecule has 19 heavy (non-hydrogen) atoms. The molecule has 0 bridgehead atoms. The Morgan fingerprint density at radius 3 is 2.47 bits per heavy atom. The Morgan fingerprint density at radius 1 is 1.11 bits per heavy atom. The van der Waals surface area contributed by atoms with Crippen LogP contribution < -0.4 is 4.74 Å². The van der Waals surface area contributed by atoms with Crippen LogP contribution in [0.5, 0.6) is 11.5 Å². The van der Waals surface area contributed by atoms with Crippen molar-refractivity contribution < 1.29 is 9.13 Å². The lowest BCUT2D eigenvalue weighted by atomic mass is 9.86. The van der Waals surface area contributed by atoms with E-state index in [1.165, 1.54) is 12.3 Å². The third kappa shape index (κ3) is 3.31. The number of aryl methyl sites for hydroxylation is 1. The van der Waals surface area contributed by atoms with Crippen molar-refractivity contribution in [1.29, 1.82) is 0 Å². The number of rotatable bonds is 2. The van der Waals surface area contributed by atoms with E-state index in [4.69, 9.17) is 4.74 Å². The fraction of sp³-hybridized carbons (Fsp3) is 0.312. The van der Waals surface area contributed by atoms with Crippen LogP contribution in [0.15, 0.2) is 36.5 Å². The Hall–Kier alpha value is -1.90. The molecule has 0 saturated carbocycles. The van der Waals surface area contributed by atoms with Crippen molar-refractivity contribution in [3.05, 3.63) is 53.6 Å². The SMILES string of the molecule is Cc1ccc(C(C)(C)C)c(Oc2ccnc(F)c2)c1. The van der Waals surface area contributed by atoms with Gasteiger partial charge in [0, 0.05) is 17.8 Å². The van der Waals surface area contributed by atoms with Gasteiger partial charge < -0.3 is 4.74 Å². The van der Waals surface area contributed by atoms with E-state index in [0.717, 1.165) is 16.9 Å². The normalized spacial score (nSPS) is 11.4. The highest BCUT2D eigenvalue weighted by Gasteiger charge is 2.19. The number of nitrogens with zero attached hydrogens (tertiary/aromatic N) is 1. The zero-order valence-electron chi connectivity index (χ0n) is 11.7. The second kappa shape index (κ2) is 5.00. The lowest BCUT2D eigenvalue weighted by molar-refractivity contribution is 0.448. The minimum absolute atomic E-state index is 0.0331. The molecule has 0 fully saturated rings. The van der Waals surface area contributed by atoms with Gasteiger partial charge in [-0.2, -0.15) is 4.39 Å². The van der Waals surface area contributed by atoms with E-state index in [9.17, 15) is 4.39 Å². The first-order valence-corrected chi connectivity index (χ1v) is 6.27. The van der Waals surface area contributed by atoms with Gasteiger partial charge in [0.2, 0.25) is 5.95 Å². The zero-order valence-corrected chi connectivity index (χ0v) is 11.7. The summed E-state index contributed by atoms with van der Waals surface area (Å²) in [6.45, 7) is 8.37. The molecule has 100 valence electrons. The maximum atomic E-state index is 13.1. The monoisotopic (exact) mass is 259 g/mol. The highest BCUT2D eigenvalue weighted by molar-refractivity contribution is 5.43. The number of pyridine rings is 1. The van der Waals surface area contributed by atoms with Crippen LogP contribution in [0.4, 0.5) is 4.39 Å². The van der Waals surface area contributed by atoms with Gasteiger partial charge in [-0.3, -0.25) is 0 Å². The number of aromatic nitrogens is 1. The van der Waals surface area contributed by atoms with Gasteiger partial charge >= 0.3 is 0 Å². The van der Waals surface area contributed by atoms with Crippen LogP contribution in [0.25, 0.3) is 0 Å². The van der Waals surface area contributed by atoms with Gasteiger partial charge in [-0.05, 0) is 30.0 Å². The molecule has 0 aliphatic carbocycles. The Bertz CT molecular complexity index is 588. The van der Waals surface area contributed by atoms with Gasteiger partial charge in [0.15, 0.2) is 0 Å². The maximum absolute atomic E-state index is 13.1. The zero-order chi connectivity index (χ0) is 14.0. The van der Waals surface area contributed by atoms with Gasteiger partial charge in [0.1, 0.15) is 11.5 Å². The van der Waals surface area contributed by atoms with Crippen molar-refractivity contribution >= 4 is 0 Å². The molecule has 0 aliphatic rings. The van der Waals surface area contributed by atoms with Crippen LogP contribution in [0, 0.1) is 12.9 Å². The molecule has 0 amide bonds. The Kier molecular flexibility index (Phi) is 3.56. The third-order valence-corrected chi connectivity index (χ3v) is 2.87. The minimum atomic E-state index is -0.539. The van der Waals surface area contributed by atoms with Crippen molar-refractivity contribution in [2.75, 3.05) is 0 Å². The fourth-order valence-electron chi connectivity index (χ4n) is 1.91. The molecule has 0 saturated heterocycles. The Morgan fingerprint density at radius 2 is 1.84 bits per heavy atom. The van der Waals surface area contributed by atoms with Crippen LogP contribution in [0.3, 0.4) is 0 Å². The van der Waals surface area contributed by atoms with E-state index in [1.807, 2.05) is 13.0 Å². The van der Waals surface area contributed by atoms with Crippen molar-refractivity contribution in [3.63, 3.8) is 0 Å². The smallest absolute Gasteiger partial charge is 0.216 e. The number of ether oxygens (including phenoxy) is 1. The summed E-state index contributed by atoms with van der Waals surface area (Å²) in [7, 11) is 0. The van der Waals surface area contributed by atoms with Crippen molar-refractivity contribution in [2.24, 2.45) is 0 Å². The molecule has 0 atom stereocenters. The molecule has 2 rings (SSSR count). The van der Waals surface area contributed by atoms with E-state index >= 15 is 0 Å². The van der Waals surface area contributed by atoms with Gasteiger partial charge in [-0.15, -0.1) is 0 Å². The highest BCUT2D eigenvalue weighted by Crippen LogP contribution is 2.34. The van der Waals surface area contributed by atoms with Gasteiger partial charge in [0.25, 0.3) is 0 Å². The molecule has 2 aromatic rings. The summed E-state index contributed by atoms with van der Waals surface area (Å²) in [5.41, 5.74) is 2.17. The standard InChI is InChI=1S/C16H18FNO/c1-11-5-6-13(16(2,3)4)14(9-11)19-12-7-8-18-15(17)10-12/h5-10H,1-4H3. The Labute approximate surface area is 113 Å². The van der Waals surface area contributed by atoms with E-state index in [2.05, 4.69) is 37.9 Å². The predicted molar refractivity (Wildman–Crippen MR) is 74.1 cm³/mol. The van der Waals surface area contributed by atoms with Crippen LogP contribution in [-0.2, 0) is 5.41 Å². The van der Waals surface area contributed by atoms with Crippen LogP contribution in [0.1, 0.15) is 31.9 Å². The van der Waals surface area contributed by atoms with E-state index in [1.54, 1.807) is 6.07 Å². The largest absolute Gasteiger partial charge is 0.457 e. The van der Waals surface area contributed by atoms with Gasteiger partial charge in [-0.25, -0.2) is 4.98 Å². The van der Waals surface area contributed by atoms with Gasteiger partial charge in [0.05, 0.1) is 0 Å². The highest BCUT2D eigenvalue weighted by atomic mass is 19.1. The summed E-state index contributed by atoms with van der Waals surface area (Å²) < 4.78 is 18.9. The summed E-state index contributed by atoms with van der Waals surface area (Å²) in [5.74, 6) is 0.684. The topological polar surface area (TPSA) is 22.1 Å². The molecule has 0 radical (unpaired) electrons. The summed E-state index contributed by atoms with van der Waals surface area (Å²) in [4.78, 5) is 3.52. The van der Waals surface area contributed by atoms with Crippen LogP contribution in [-0.4, -0.2) is 4.98 Å². The lowest BCUT2D eigenvalue weighted by Crippen LogP contribution is -2.12. The molecule has 1 aromatic carbocycles. The molecule has 0 N–H and O–H groups in total. The molecule has 1 aromatic heterocycles. The van der Waals surface area contributed by atoms with E-state index < -0.39 is 5.95 Å².